The summed E-state index contributed by atoms with van der Waals surface area (Å²) in [5.74, 6) is -1.02. The summed E-state index contributed by atoms with van der Waals surface area (Å²) in [4.78, 5) is 12.1. The van der Waals surface area contributed by atoms with Crippen LogP contribution in [0.25, 0.3) is 0 Å². The highest BCUT2D eigenvalue weighted by molar-refractivity contribution is 7.92. The van der Waals surface area contributed by atoms with Gasteiger partial charge < -0.3 is 10.1 Å². The van der Waals surface area contributed by atoms with Crippen LogP contribution >= 0.6 is 0 Å². The van der Waals surface area contributed by atoms with E-state index in [-0.39, 0.29) is 5.75 Å². The van der Waals surface area contributed by atoms with Gasteiger partial charge in [0.25, 0.3) is 0 Å². The summed E-state index contributed by atoms with van der Waals surface area (Å²) in [5, 5.41) is 2.65. The number of carbonyl (C=O) groups excluding carboxylic acids is 1. The van der Waals surface area contributed by atoms with Crippen molar-refractivity contribution >= 4 is 21.4 Å². The van der Waals surface area contributed by atoms with Crippen LogP contribution in [0.2, 0.25) is 0 Å². The van der Waals surface area contributed by atoms with Crippen LogP contribution in [0.5, 0.6) is 0 Å². The summed E-state index contributed by atoms with van der Waals surface area (Å²) in [5.41, 5.74) is 2.60. The number of aryl methyl sites for hydroxylation is 1. The van der Waals surface area contributed by atoms with Crippen molar-refractivity contribution in [1.82, 2.24) is 0 Å². The lowest BCUT2D eigenvalue weighted by Crippen LogP contribution is -2.25. The molecule has 0 atom stereocenters. The molecule has 2 aromatic rings. The predicted octanol–water partition coefficient (Wildman–Crippen LogP) is 3.21. The minimum Gasteiger partial charge on any atom is -0.377 e. The van der Waals surface area contributed by atoms with Crippen molar-refractivity contribution in [2.75, 3.05) is 23.4 Å². The molecule has 0 fully saturated rings. The van der Waals surface area contributed by atoms with E-state index in [1.165, 1.54) is 0 Å². The smallest absolute Gasteiger partial charge is 0.239 e. The molecule has 26 heavy (non-hydrogen) atoms. The van der Waals surface area contributed by atoms with Gasteiger partial charge in [0, 0.05) is 12.3 Å². The normalized spacial score (nSPS) is 11.3. The molecule has 0 unspecified atom stereocenters. The minimum atomic E-state index is -3.43. The van der Waals surface area contributed by atoms with E-state index in [0.717, 1.165) is 11.1 Å². The van der Waals surface area contributed by atoms with Gasteiger partial charge in [0.1, 0.15) is 5.75 Å². The number of hydrogen-bond donors (Lipinski definition) is 1. The van der Waals surface area contributed by atoms with Crippen molar-refractivity contribution in [3.63, 3.8) is 0 Å². The molecule has 0 radical (unpaired) electrons. The Morgan fingerprint density at radius 1 is 1.04 bits per heavy atom. The lowest BCUT2D eigenvalue weighted by Gasteiger charge is -2.08. The first-order valence-corrected chi connectivity index (χ1v) is 10.5. The van der Waals surface area contributed by atoms with Gasteiger partial charge in [-0.05, 0) is 43.0 Å². The second-order valence-electron chi connectivity index (χ2n) is 6.07. The maximum absolute atomic E-state index is 12.1. The first-order chi connectivity index (χ1) is 12.5. The van der Waals surface area contributed by atoms with Gasteiger partial charge in [0.2, 0.25) is 5.91 Å². The Morgan fingerprint density at radius 3 is 2.50 bits per heavy atom. The third-order valence-corrected chi connectivity index (χ3v) is 5.41. The maximum atomic E-state index is 12.1. The quantitative estimate of drug-likeness (QED) is 0.692. The number of anilines is 1. The topological polar surface area (TPSA) is 72.5 Å². The zero-order chi connectivity index (χ0) is 18.8. The molecule has 0 heterocycles. The molecule has 1 amide bonds. The molecule has 140 valence electrons. The first kappa shape index (κ1) is 20.1. The Hall–Kier alpha value is -2.18. The van der Waals surface area contributed by atoms with Gasteiger partial charge in [-0.2, -0.15) is 0 Å². The van der Waals surface area contributed by atoms with E-state index in [1.807, 2.05) is 43.3 Å². The number of rotatable bonds is 10. The van der Waals surface area contributed by atoms with Crippen molar-refractivity contribution in [2.24, 2.45) is 0 Å². The van der Waals surface area contributed by atoms with E-state index in [1.54, 1.807) is 18.2 Å². The molecule has 0 spiro atoms. The Balaban J connectivity index is 1.82. The second kappa shape index (κ2) is 10.1. The van der Waals surface area contributed by atoms with Gasteiger partial charge in [-0.1, -0.05) is 42.5 Å². The molecule has 5 nitrogen and oxygen atoms in total. The lowest BCUT2D eigenvalue weighted by molar-refractivity contribution is -0.113. The van der Waals surface area contributed by atoms with Gasteiger partial charge in [-0.25, -0.2) is 8.42 Å². The zero-order valence-electron chi connectivity index (χ0n) is 15.0. The Bertz CT molecular complexity index is 804. The van der Waals surface area contributed by atoms with Crippen molar-refractivity contribution in [1.29, 1.82) is 0 Å². The van der Waals surface area contributed by atoms with Crippen molar-refractivity contribution in [3.8, 4) is 0 Å². The number of amides is 1. The molecule has 0 aliphatic carbocycles. The van der Waals surface area contributed by atoms with E-state index in [9.17, 15) is 13.2 Å². The van der Waals surface area contributed by atoms with Gasteiger partial charge in [-0.15, -0.1) is 0 Å². The molecule has 0 saturated carbocycles. The van der Waals surface area contributed by atoms with Crippen LogP contribution in [0, 0.1) is 0 Å². The minimum absolute atomic E-state index is 0.000304. The van der Waals surface area contributed by atoms with E-state index in [2.05, 4.69) is 5.32 Å². The molecule has 0 aromatic heterocycles. The number of carbonyl (C=O) groups is 1. The van der Waals surface area contributed by atoms with Crippen LogP contribution in [0.3, 0.4) is 0 Å². The van der Waals surface area contributed by atoms with E-state index >= 15 is 0 Å². The second-order valence-corrected chi connectivity index (χ2v) is 8.25. The third kappa shape index (κ3) is 7.37. The fourth-order valence-electron chi connectivity index (χ4n) is 2.57. The summed E-state index contributed by atoms with van der Waals surface area (Å²) in [6, 6.07) is 16.9. The highest BCUT2D eigenvalue weighted by Crippen LogP contribution is 2.12. The molecule has 2 aromatic carbocycles. The highest BCUT2D eigenvalue weighted by Gasteiger charge is 2.16. The summed E-state index contributed by atoms with van der Waals surface area (Å²) >= 11 is 0. The molecular formula is C20H25NO4S. The molecule has 0 aliphatic heterocycles. The standard InChI is InChI=1S/C20H25NO4S/c1-2-25-15-18-10-6-12-19(14-18)21-20(22)16-26(23,24)13-7-11-17-8-4-3-5-9-17/h3-6,8-10,12,14H,2,7,11,13,15-16H2,1H3,(H,21,22). The van der Waals surface area contributed by atoms with Crippen LogP contribution in [0.1, 0.15) is 24.5 Å². The van der Waals surface area contributed by atoms with E-state index in [0.29, 0.717) is 31.7 Å². The summed E-state index contributed by atoms with van der Waals surface area (Å²) in [6.45, 7) is 2.98. The van der Waals surface area contributed by atoms with Crippen LogP contribution in [0.15, 0.2) is 54.6 Å². The molecule has 2 rings (SSSR count). The Labute approximate surface area is 155 Å². The Kier molecular flexibility index (Phi) is 7.81. The third-order valence-electron chi connectivity index (χ3n) is 3.80. The number of ether oxygens (including phenoxy) is 1. The summed E-state index contributed by atoms with van der Waals surface area (Å²) in [6.07, 6.45) is 1.19. The van der Waals surface area contributed by atoms with Crippen LogP contribution in [0.4, 0.5) is 5.69 Å². The first-order valence-electron chi connectivity index (χ1n) is 8.69. The van der Waals surface area contributed by atoms with Crippen LogP contribution in [-0.2, 0) is 32.4 Å². The number of nitrogens with one attached hydrogen (secondary N) is 1. The van der Waals surface area contributed by atoms with Gasteiger partial charge in [-0.3, -0.25) is 4.79 Å². The van der Waals surface area contributed by atoms with Gasteiger partial charge >= 0.3 is 0 Å². The SMILES string of the molecule is CCOCc1cccc(NC(=O)CS(=O)(=O)CCCc2ccccc2)c1. The van der Waals surface area contributed by atoms with Crippen molar-refractivity contribution in [3.05, 3.63) is 65.7 Å². The Morgan fingerprint density at radius 2 is 1.77 bits per heavy atom. The molecule has 1 N–H and O–H groups in total. The number of benzene rings is 2. The average Bonchev–Trinajstić information content (AvgIpc) is 2.60. The molecular weight excluding hydrogens is 350 g/mol. The van der Waals surface area contributed by atoms with Gasteiger partial charge in [0.15, 0.2) is 9.84 Å². The number of hydrogen-bond acceptors (Lipinski definition) is 4. The van der Waals surface area contributed by atoms with E-state index < -0.39 is 21.5 Å². The summed E-state index contributed by atoms with van der Waals surface area (Å²) < 4.78 is 29.6. The molecule has 0 saturated heterocycles. The molecule has 6 heteroatoms. The average molecular weight is 375 g/mol. The highest BCUT2D eigenvalue weighted by atomic mass is 32.2. The monoisotopic (exact) mass is 375 g/mol. The van der Waals surface area contributed by atoms with Crippen LogP contribution < -0.4 is 5.32 Å². The molecule has 0 bridgehead atoms. The zero-order valence-corrected chi connectivity index (χ0v) is 15.8. The number of sulfone groups is 1. The van der Waals surface area contributed by atoms with Crippen molar-refractivity contribution < 1.29 is 17.9 Å². The van der Waals surface area contributed by atoms with Crippen LogP contribution in [-0.4, -0.2) is 32.4 Å². The predicted molar refractivity (Wildman–Crippen MR) is 104 cm³/mol. The van der Waals surface area contributed by atoms with Crippen molar-refractivity contribution in [2.45, 2.75) is 26.4 Å². The maximum Gasteiger partial charge on any atom is 0.239 e. The fraction of sp³-hybridized carbons (Fsp3) is 0.350. The fourth-order valence-corrected chi connectivity index (χ4v) is 3.77. The molecule has 0 aliphatic rings. The van der Waals surface area contributed by atoms with E-state index in [4.69, 9.17) is 4.74 Å². The van der Waals surface area contributed by atoms with Gasteiger partial charge in [0.05, 0.1) is 12.4 Å². The lowest BCUT2D eigenvalue weighted by atomic mass is 10.1. The largest absolute Gasteiger partial charge is 0.377 e. The summed E-state index contributed by atoms with van der Waals surface area (Å²) in [7, 11) is -3.43.